The van der Waals surface area contributed by atoms with Crippen LogP contribution in [0.1, 0.15) is 20.3 Å². The van der Waals surface area contributed by atoms with Crippen LogP contribution in [-0.4, -0.2) is 30.8 Å². The standard InChI is InChI=1S/C12H16FN3O2S/c1-10(2)9-16(8-4-6-14)19(17,18)12-11(13)5-3-7-15-12/h3,5,7,10H,4,8-9H2,1-2H3. The van der Waals surface area contributed by atoms with Gasteiger partial charge in [-0.1, -0.05) is 13.8 Å². The molecule has 0 amide bonds. The quantitative estimate of drug-likeness (QED) is 0.798. The first-order valence-corrected chi connectivity index (χ1v) is 7.31. The highest BCUT2D eigenvalue weighted by molar-refractivity contribution is 7.89. The van der Waals surface area contributed by atoms with Gasteiger partial charge in [-0.3, -0.25) is 0 Å². The van der Waals surface area contributed by atoms with Gasteiger partial charge in [0.2, 0.25) is 5.03 Å². The van der Waals surface area contributed by atoms with E-state index < -0.39 is 20.9 Å². The Morgan fingerprint density at radius 3 is 2.74 bits per heavy atom. The highest BCUT2D eigenvalue weighted by atomic mass is 32.2. The third-order valence-electron chi connectivity index (χ3n) is 2.35. The van der Waals surface area contributed by atoms with Crippen molar-refractivity contribution in [3.05, 3.63) is 24.1 Å². The van der Waals surface area contributed by atoms with Gasteiger partial charge < -0.3 is 0 Å². The Balaban J connectivity index is 3.12. The van der Waals surface area contributed by atoms with E-state index >= 15 is 0 Å². The predicted molar refractivity (Wildman–Crippen MR) is 68.0 cm³/mol. The first-order chi connectivity index (χ1) is 8.89. The molecule has 0 bridgehead atoms. The Morgan fingerprint density at radius 1 is 1.53 bits per heavy atom. The molecule has 0 aliphatic carbocycles. The second-order valence-electron chi connectivity index (χ2n) is 4.46. The fourth-order valence-corrected chi connectivity index (χ4v) is 3.15. The molecule has 0 spiro atoms. The van der Waals surface area contributed by atoms with Crippen LogP contribution in [0.3, 0.4) is 0 Å². The molecule has 7 heteroatoms. The van der Waals surface area contributed by atoms with E-state index in [9.17, 15) is 12.8 Å². The molecule has 0 N–H and O–H groups in total. The van der Waals surface area contributed by atoms with E-state index in [2.05, 4.69) is 4.98 Å². The average molecular weight is 285 g/mol. The van der Waals surface area contributed by atoms with Crippen molar-refractivity contribution in [2.45, 2.75) is 25.3 Å². The lowest BCUT2D eigenvalue weighted by atomic mass is 10.2. The van der Waals surface area contributed by atoms with Crippen LogP contribution in [0.25, 0.3) is 0 Å². The summed E-state index contributed by atoms with van der Waals surface area (Å²) in [5.74, 6) is -0.812. The summed E-state index contributed by atoms with van der Waals surface area (Å²) in [6.45, 7) is 3.96. The zero-order valence-corrected chi connectivity index (χ0v) is 11.7. The van der Waals surface area contributed by atoms with Crippen LogP contribution in [0.15, 0.2) is 23.4 Å². The minimum atomic E-state index is -4.00. The fraction of sp³-hybridized carbons (Fsp3) is 0.500. The number of halogens is 1. The number of aromatic nitrogens is 1. The summed E-state index contributed by atoms with van der Waals surface area (Å²) in [6.07, 6.45) is 1.29. The first-order valence-electron chi connectivity index (χ1n) is 5.87. The Hall–Kier alpha value is -1.52. The zero-order valence-electron chi connectivity index (χ0n) is 10.9. The summed E-state index contributed by atoms with van der Waals surface area (Å²) in [4.78, 5) is 3.60. The molecular formula is C12H16FN3O2S. The van der Waals surface area contributed by atoms with E-state index in [1.165, 1.54) is 12.3 Å². The highest BCUT2D eigenvalue weighted by Crippen LogP contribution is 2.18. The molecule has 0 saturated carbocycles. The predicted octanol–water partition coefficient (Wildman–Crippen LogP) is 1.78. The average Bonchev–Trinajstić information content (AvgIpc) is 2.34. The van der Waals surface area contributed by atoms with Crippen molar-refractivity contribution in [3.8, 4) is 6.07 Å². The van der Waals surface area contributed by atoms with Crippen molar-refractivity contribution >= 4 is 10.0 Å². The number of hydrogen-bond donors (Lipinski definition) is 0. The molecule has 0 atom stereocenters. The van der Waals surface area contributed by atoms with Crippen molar-refractivity contribution in [1.29, 1.82) is 5.26 Å². The maximum absolute atomic E-state index is 13.6. The number of hydrogen-bond acceptors (Lipinski definition) is 4. The van der Waals surface area contributed by atoms with Gasteiger partial charge in [0.05, 0.1) is 6.07 Å². The molecule has 0 aliphatic heterocycles. The van der Waals surface area contributed by atoms with E-state index in [0.29, 0.717) is 0 Å². The van der Waals surface area contributed by atoms with Crippen molar-refractivity contribution in [2.24, 2.45) is 5.92 Å². The number of sulfonamides is 1. The van der Waals surface area contributed by atoms with Crippen LogP contribution in [0.4, 0.5) is 4.39 Å². The summed E-state index contributed by atoms with van der Waals surface area (Å²) >= 11 is 0. The van der Waals surface area contributed by atoms with Gasteiger partial charge in [0.25, 0.3) is 10.0 Å². The minimum Gasteiger partial charge on any atom is -0.241 e. The third-order valence-corrected chi connectivity index (χ3v) is 4.15. The topological polar surface area (TPSA) is 74.1 Å². The first kappa shape index (κ1) is 15.5. The van der Waals surface area contributed by atoms with Crippen LogP contribution in [0, 0.1) is 23.1 Å². The zero-order chi connectivity index (χ0) is 14.5. The lowest BCUT2D eigenvalue weighted by Crippen LogP contribution is -2.36. The number of pyridine rings is 1. The molecule has 1 aromatic rings. The highest BCUT2D eigenvalue weighted by Gasteiger charge is 2.28. The number of nitriles is 1. The van der Waals surface area contributed by atoms with Gasteiger partial charge in [0.15, 0.2) is 5.82 Å². The third kappa shape index (κ3) is 3.98. The SMILES string of the molecule is CC(C)CN(CCC#N)S(=O)(=O)c1ncccc1F. The fourth-order valence-electron chi connectivity index (χ4n) is 1.57. The summed E-state index contributed by atoms with van der Waals surface area (Å²) < 4.78 is 39.3. The molecule has 0 unspecified atom stereocenters. The lowest BCUT2D eigenvalue weighted by Gasteiger charge is -2.22. The van der Waals surface area contributed by atoms with Gasteiger partial charge in [0.1, 0.15) is 0 Å². The van der Waals surface area contributed by atoms with E-state index in [0.717, 1.165) is 10.4 Å². The Kier molecular flexibility index (Phi) is 5.39. The maximum Gasteiger partial charge on any atom is 0.263 e. The largest absolute Gasteiger partial charge is 0.263 e. The summed E-state index contributed by atoms with van der Waals surface area (Å²) in [7, 11) is -4.00. The van der Waals surface area contributed by atoms with Crippen LogP contribution in [-0.2, 0) is 10.0 Å². The van der Waals surface area contributed by atoms with Gasteiger partial charge in [-0.05, 0) is 18.1 Å². The van der Waals surface area contributed by atoms with Gasteiger partial charge in [-0.15, -0.1) is 0 Å². The Bertz CT molecular complexity index is 567. The van der Waals surface area contributed by atoms with Crippen LogP contribution < -0.4 is 0 Å². The minimum absolute atomic E-state index is 0.0347. The molecular weight excluding hydrogens is 269 g/mol. The lowest BCUT2D eigenvalue weighted by molar-refractivity contribution is 0.368. The molecule has 0 saturated heterocycles. The molecule has 0 radical (unpaired) electrons. The van der Waals surface area contributed by atoms with Crippen molar-refractivity contribution < 1.29 is 12.8 Å². The smallest absolute Gasteiger partial charge is 0.241 e. The Morgan fingerprint density at radius 2 is 2.21 bits per heavy atom. The monoisotopic (exact) mass is 285 g/mol. The molecule has 0 aromatic carbocycles. The van der Waals surface area contributed by atoms with E-state index in [-0.39, 0.29) is 25.4 Å². The molecule has 1 heterocycles. The summed E-state index contributed by atoms with van der Waals surface area (Å²) in [5.41, 5.74) is 0. The number of nitrogens with zero attached hydrogens (tertiary/aromatic N) is 3. The van der Waals surface area contributed by atoms with Crippen molar-refractivity contribution in [3.63, 3.8) is 0 Å². The normalized spacial score (nSPS) is 11.8. The summed E-state index contributed by atoms with van der Waals surface area (Å²) in [5, 5.41) is 7.99. The van der Waals surface area contributed by atoms with Gasteiger partial charge in [-0.2, -0.15) is 9.57 Å². The number of rotatable bonds is 6. The molecule has 5 nitrogen and oxygen atoms in total. The van der Waals surface area contributed by atoms with E-state index in [1.807, 2.05) is 19.9 Å². The van der Waals surface area contributed by atoms with Gasteiger partial charge in [-0.25, -0.2) is 17.8 Å². The van der Waals surface area contributed by atoms with E-state index in [4.69, 9.17) is 5.26 Å². The molecule has 0 fully saturated rings. The molecule has 19 heavy (non-hydrogen) atoms. The molecule has 0 aliphatic rings. The Labute approximate surface area is 112 Å². The van der Waals surface area contributed by atoms with Gasteiger partial charge in [0, 0.05) is 25.7 Å². The van der Waals surface area contributed by atoms with Crippen LogP contribution in [0.2, 0.25) is 0 Å². The summed E-state index contributed by atoms with van der Waals surface area (Å²) in [6, 6.07) is 4.27. The molecule has 1 rings (SSSR count). The van der Waals surface area contributed by atoms with E-state index in [1.54, 1.807) is 0 Å². The van der Waals surface area contributed by atoms with Crippen molar-refractivity contribution in [2.75, 3.05) is 13.1 Å². The maximum atomic E-state index is 13.6. The van der Waals surface area contributed by atoms with Crippen LogP contribution in [0.5, 0.6) is 0 Å². The second kappa shape index (κ2) is 6.59. The van der Waals surface area contributed by atoms with Gasteiger partial charge >= 0.3 is 0 Å². The second-order valence-corrected chi connectivity index (χ2v) is 6.31. The van der Waals surface area contributed by atoms with Crippen molar-refractivity contribution in [1.82, 2.24) is 9.29 Å². The molecule has 104 valence electrons. The molecule has 1 aromatic heterocycles. The van der Waals surface area contributed by atoms with Crippen LogP contribution >= 0.6 is 0 Å².